The van der Waals surface area contributed by atoms with Gasteiger partial charge in [0, 0.05) is 6.54 Å². The molecule has 0 saturated carbocycles. The summed E-state index contributed by atoms with van der Waals surface area (Å²) >= 11 is 0. The number of hydrogen-bond donors (Lipinski definition) is 2. The van der Waals surface area contributed by atoms with Gasteiger partial charge in [0.25, 0.3) is 0 Å². The molecule has 1 heterocycles. The van der Waals surface area contributed by atoms with E-state index in [4.69, 9.17) is 10.2 Å². The monoisotopic (exact) mass is 210 g/mol. The van der Waals surface area contributed by atoms with E-state index in [9.17, 15) is 0 Å². The zero-order valence-corrected chi connectivity index (χ0v) is 9.86. The lowest BCUT2D eigenvalue weighted by Crippen LogP contribution is -2.33. The van der Waals surface area contributed by atoms with Gasteiger partial charge >= 0.3 is 0 Å². The Morgan fingerprint density at radius 3 is 2.60 bits per heavy atom. The fraction of sp³-hybridized carbons (Fsp3) is 0.667. The fourth-order valence-corrected chi connectivity index (χ4v) is 1.56. The molecule has 3 heteroatoms. The Morgan fingerprint density at radius 2 is 2.13 bits per heavy atom. The van der Waals surface area contributed by atoms with Gasteiger partial charge in [-0.2, -0.15) is 0 Å². The van der Waals surface area contributed by atoms with Crippen LogP contribution in [-0.2, 0) is 0 Å². The fourth-order valence-electron chi connectivity index (χ4n) is 1.56. The van der Waals surface area contributed by atoms with E-state index >= 15 is 0 Å². The van der Waals surface area contributed by atoms with Crippen LogP contribution in [0, 0.1) is 11.8 Å². The van der Waals surface area contributed by atoms with Crippen molar-refractivity contribution in [2.45, 2.75) is 26.8 Å². The number of nitrogens with two attached hydrogens (primary N) is 1. The molecule has 1 aromatic rings. The van der Waals surface area contributed by atoms with Gasteiger partial charge in [-0.3, -0.25) is 0 Å². The highest BCUT2D eigenvalue weighted by Crippen LogP contribution is 2.14. The average molecular weight is 210 g/mol. The predicted molar refractivity (Wildman–Crippen MR) is 62.5 cm³/mol. The first-order valence-electron chi connectivity index (χ1n) is 5.62. The van der Waals surface area contributed by atoms with Gasteiger partial charge in [0.05, 0.1) is 12.3 Å². The van der Waals surface area contributed by atoms with Crippen molar-refractivity contribution in [3.05, 3.63) is 24.2 Å². The van der Waals surface area contributed by atoms with Crippen LogP contribution in [0.3, 0.4) is 0 Å². The standard InChI is InChI=1S/C12H22N2O/c1-9(2)11(7-13)8-14-10(3)12-5-4-6-15-12/h4-6,9-11,14H,7-8,13H2,1-3H3. The van der Waals surface area contributed by atoms with E-state index in [1.165, 1.54) is 0 Å². The topological polar surface area (TPSA) is 51.2 Å². The molecule has 0 saturated heterocycles. The van der Waals surface area contributed by atoms with Gasteiger partial charge in [-0.25, -0.2) is 0 Å². The summed E-state index contributed by atoms with van der Waals surface area (Å²) in [6.45, 7) is 8.19. The molecule has 86 valence electrons. The lowest BCUT2D eigenvalue weighted by Gasteiger charge is -2.21. The summed E-state index contributed by atoms with van der Waals surface area (Å²) in [6, 6.07) is 4.16. The highest BCUT2D eigenvalue weighted by atomic mass is 16.3. The maximum absolute atomic E-state index is 5.72. The van der Waals surface area contributed by atoms with Gasteiger partial charge in [0.1, 0.15) is 5.76 Å². The first-order chi connectivity index (χ1) is 7.15. The Kier molecular flexibility index (Phi) is 4.85. The zero-order valence-electron chi connectivity index (χ0n) is 9.86. The molecule has 2 unspecified atom stereocenters. The number of rotatable bonds is 6. The summed E-state index contributed by atoms with van der Waals surface area (Å²) in [7, 11) is 0. The Balaban J connectivity index is 2.36. The third-order valence-corrected chi connectivity index (χ3v) is 2.90. The maximum Gasteiger partial charge on any atom is 0.120 e. The van der Waals surface area contributed by atoms with Gasteiger partial charge in [-0.05, 0) is 37.4 Å². The summed E-state index contributed by atoms with van der Waals surface area (Å²) in [5.74, 6) is 2.13. The average Bonchev–Trinajstić information content (AvgIpc) is 2.70. The molecule has 0 bridgehead atoms. The summed E-state index contributed by atoms with van der Waals surface area (Å²) in [6.07, 6.45) is 1.70. The number of nitrogens with one attached hydrogen (secondary N) is 1. The molecule has 3 N–H and O–H groups in total. The number of furan rings is 1. The van der Waals surface area contributed by atoms with Crippen LogP contribution in [-0.4, -0.2) is 13.1 Å². The second-order valence-corrected chi connectivity index (χ2v) is 4.39. The molecule has 1 aromatic heterocycles. The highest BCUT2D eigenvalue weighted by molar-refractivity contribution is 5.02. The van der Waals surface area contributed by atoms with Crippen LogP contribution in [0.2, 0.25) is 0 Å². The molecule has 0 spiro atoms. The van der Waals surface area contributed by atoms with Gasteiger partial charge in [-0.15, -0.1) is 0 Å². The van der Waals surface area contributed by atoms with Crippen molar-refractivity contribution in [2.75, 3.05) is 13.1 Å². The van der Waals surface area contributed by atoms with Crippen LogP contribution >= 0.6 is 0 Å². The van der Waals surface area contributed by atoms with Gasteiger partial charge in [-0.1, -0.05) is 13.8 Å². The van der Waals surface area contributed by atoms with Crippen LogP contribution in [0.1, 0.15) is 32.6 Å². The van der Waals surface area contributed by atoms with E-state index in [1.54, 1.807) is 6.26 Å². The van der Waals surface area contributed by atoms with Crippen molar-refractivity contribution in [3.8, 4) is 0 Å². The van der Waals surface area contributed by atoms with E-state index in [-0.39, 0.29) is 6.04 Å². The summed E-state index contributed by atoms with van der Waals surface area (Å²) in [5, 5.41) is 3.44. The molecular weight excluding hydrogens is 188 g/mol. The summed E-state index contributed by atoms with van der Waals surface area (Å²) in [5.41, 5.74) is 5.72. The van der Waals surface area contributed by atoms with Crippen molar-refractivity contribution >= 4 is 0 Å². The number of hydrogen-bond acceptors (Lipinski definition) is 3. The van der Waals surface area contributed by atoms with Crippen LogP contribution < -0.4 is 11.1 Å². The Morgan fingerprint density at radius 1 is 1.40 bits per heavy atom. The van der Waals surface area contributed by atoms with Crippen molar-refractivity contribution < 1.29 is 4.42 Å². The highest BCUT2D eigenvalue weighted by Gasteiger charge is 2.14. The second kappa shape index (κ2) is 5.93. The molecule has 0 fully saturated rings. The predicted octanol–water partition coefficient (Wildman–Crippen LogP) is 2.16. The Hall–Kier alpha value is -0.800. The molecule has 0 aliphatic carbocycles. The summed E-state index contributed by atoms with van der Waals surface area (Å²) < 4.78 is 5.33. The van der Waals surface area contributed by atoms with Crippen LogP contribution in [0.5, 0.6) is 0 Å². The molecule has 0 radical (unpaired) electrons. The molecule has 0 aliphatic rings. The third-order valence-electron chi connectivity index (χ3n) is 2.90. The van der Waals surface area contributed by atoms with E-state index < -0.39 is 0 Å². The van der Waals surface area contributed by atoms with Crippen molar-refractivity contribution in [1.82, 2.24) is 5.32 Å². The van der Waals surface area contributed by atoms with Crippen LogP contribution in [0.4, 0.5) is 0 Å². The molecule has 0 aliphatic heterocycles. The second-order valence-electron chi connectivity index (χ2n) is 4.39. The molecule has 1 rings (SSSR count). The Bertz CT molecular complexity index is 257. The SMILES string of the molecule is CC(NCC(CN)C(C)C)c1ccco1. The van der Waals surface area contributed by atoms with Crippen molar-refractivity contribution in [2.24, 2.45) is 17.6 Å². The largest absolute Gasteiger partial charge is 0.468 e. The van der Waals surface area contributed by atoms with Gasteiger partial charge in [0.2, 0.25) is 0 Å². The summed E-state index contributed by atoms with van der Waals surface area (Å²) in [4.78, 5) is 0. The lowest BCUT2D eigenvalue weighted by atomic mass is 9.96. The molecular formula is C12H22N2O. The third kappa shape index (κ3) is 3.68. The smallest absolute Gasteiger partial charge is 0.120 e. The molecule has 15 heavy (non-hydrogen) atoms. The van der Waals surface area contributed by atoms with Crippen LogP contribution in [0.15, 0.2) is 22.8 Å². The van der Waals surface area contributed by atoms with Gasteiger partial charge < -0.3 is 15.5 Å². The van der Waals surface area contributed by atoms with E-state index in [2.05, 4.69) is 26.1 Å². The maximum atomic E-state index is 5.72. The molecule has 0 amide bonds. The van der Waals surface area contributed by atoms with E-state index in [0.717, 1.165) is 18.8 Å². The van der Waals surface area contributed by atoms with Crippen LogP contribution in [0.25, 0.3) is 0 Å². The van der Waals surface area contributed by atoms with Gasteiger partial charge in [0.15, 0.2) is 0 Å². The van der Waals surface area contributed by atoms with Crippen molar-refractivity contribution in [3.63, 3.8) is 0 Å². The normalized spacial score (nSPS) is 15.5. The minimum Gasteiger partial charge on any atom is -0.468 e. The minimum absolute atomic E-state index is 0.257. The molecule has 3 nitrogen and oxygen atoms in total. The quantitative estimate of drug-likeness (QED) is 0.756. The first-order valence-corrected chi connectivity index (χ1v) is 5.62. The van der Waals surface area contributed by atoms with Crippen molar-refractivity contribution in [1.29, 1.82) is 0 Å². The first kappa shape index (κ1) is 12.3. The molecule has 2 atom stereocenters. The molecule has 0 aromatic carbocycles. The Labute approximate surface area is 92.0 Å². The van der Waals surface area contributed by atoms with E-state index in [1.807, 2.05) is 12.1 Å². The minimum atomic E-state index is 0.257. The zero-order chi connectivity index (χ0) is 11.3. The van der Waals surface area contributed by atoms with E-state index in [0.29, 0.717) is 11.8 Å². The lowest BCUT2D eigenvalue weighted by molar-refractivity contribution is 0.339.